The second-order valence-electron chi connectivity index (χ2n) is 3.01. The maximum Gasteiger partial charge on any atom is 0.330 e. The van der Waals surface area contributed by atoms with Crippen molar-refractivity contribution in [2.75, 3.05) is 14.2 Å². The van der Waals surface area contributed by atoms with E-state index >= 15 is 0 Å². The molecule has 0 aliphatic rings. The van der Waals surface area contributed by atoms with Gasteiger partial charge in [0.15, 0.2) is 0 Å². The Bertz CT molecular complexity index is 467. The summed E-state index contributed by atoms with van der Waals surface area (Å²) in [6.45, 7) is 0. The third-order valence-corrected chi connectivity index (χ3v) is 2.05. The molecule has 0 amide bonds. The molecule has 0 atom stereocenters. The van der Waals surface area contributed by atoms with Crippen LogP contribution < -0.4 is 4.74 Å². The highest BCUT2D eigenvalue weighted by molar-refractivity contribution is 5.88. The number of nitro benzene ring substituents is 1. The van der Waals surface area contributed by atoms with Crippen molar-refractivity contribution < 1.29 is 19.2 Å². The van der Waals surface area contributed by atoms with E-state index in [-0.39, 0.29) is 11.3 Å². The van der Waals surface area contributed by atoms with Gasteiger partial charge in [-0.25, -0.2) is 4.79 Å². The van der Waals surface area contributed by atoms with Crippen LogP contribution in [0, 0.1) is 10.1 Å². The third-order valence-electron chi connectivity index (χ3n) is 2.05. The zero-order valence-corrected chi connectivity index (χ0v) is 9.38. The number of benzene rings is 1. The first-order valence-corrected chi connectivity index (χ1v) is 4.67. The van der Waals surface area contributed by atoms with E-state index in [0.717, 1.165) is 6.08 Å². The van der Waals surface area contributed by atoms with Gasteiger partial charge < -0.3 is 9.47 Å². The summed E-state index contributed by atoms with van der Waals surface area (Å²) in [5.74, 6) is -0.274. The molecule has 0 unspecified atom stereocenters. The monoisotopic (exact) mass is 237 g/mol. The SMILES string of the molecule is COC(=O)C=Cc1c(OC)cccc1[N+](=O)[O-]. The molecule has 0 spiro atoms. The number of carbonyl (C=O) groups excluding carboxylic acids is 1. The molecule has 1 aromatic carbocycles. The lowest BCUT2D eigenvalue weighted by Gasteiger charge is -2.04. The first-order valence-electron chi connectivity index (χ1n) is 4.67. The van der Waals surface area contributed by atoms with E-state index in [1.165, 1.54) is 32.4 Å². The molecule has 0 aliphatic heterocycles. The highest BCUT2D eigenvalue weighted by Crippen LogP contribution is 2.29. The summed E-state index contributed by atoms with van der Waals surface area (Å²) in [4.78, 5) is 21.2. The maximum atomic E-state index is 10.9. The lowest BCUT2D eigenvalue weighted by molar-refractivity contribution is -0.385. The lowest BCUT2D eigenvalue weighted by atomic mass is 10.1. The molecule has 0 heterocycles. The van der Waals surface area contributed by atoms with E-state index in [1.54, 1.807) is 6.07 Å². The Morgan fingerprint density at radius 2 is 2.12 bits per heavy atom. The van der Waals surface area contributed by atoms with Gasteiger partial charge >= 0.3 is 5.97 Å². The van der Waals surface area contributed by atoms with Crippen LogP contribution in [0.2, 0.25) is 0 Å². The molecule has 0 fully saturated rings. The van der Waals surface area contributed by atoms with Crippen molar-refractivity contribution in [3.8, 4) is 5.75 Å². The van der Waals surface area contributed by atoms with Crippen LogP contribution in [0.15, 0.2) is 24.3 Å². The third kappa shape index (κ3) is 3.04. The maximum absolute atomic E-state index is 10.9. The Morgan fingerprint density at radius 3 is 2.65 bits per heavy atom. The van der Waals surface area contributed by atoms with Gasteiger partial charge in [0, 0.05) is 12.1 Å². The van der Waals surface area contributed by atoms with Gasteiger partial charge in [0.05, 0.1) is 24.7 Å². The van der Waals surface area contributed by atoms with Crippen molar-refractivity contribution in [2.24, 2.45) is 0 Å². The topological polar surface area (TPSA) is 78.7 Å². The van der Waals surface area contributed by atoms with Crippen LogP contribution in [-0.4, -0.2) is 25.1 Å². The van der Waals surface area contributed by atoms with Crippen LogP contribution in [-0.2, 0) is 9.53 Å². The van der Waals surface area contributed by atoms with Crippen LogP contribution in [0.4, 0.5) is 5.69 Å². The Balaban J connectivity index is 3.22. The molecule has 1 rings (SSSR count). The number of carbonyl (C=O) groups is 1. The first kappa shape index (κ1) is 12.7. The Labute approximate surface area is 97.6 Å². The molecular formula is C11H11NO5. The minimum atomic E-state index is -0.592. The number of esters is 1. The van der Waals surface area contributed by atoms with E-state index in [1.807, 2.05) is 0 Å². The van der Waals surface area contributed by atoms with Crippen molar-refractivity contribution in [1.29, 1.82) is 0 Å². The lowest BCUT2D eigenvalue weighted by Crippen LogP contribution is -1.97. The molecule has 0 bridgehead atoms. The van der Waals surface area contributed by atoms with Gasteiger partial charge in [-0.3, -0.25) is 10.1 Å². The predicted octanol–water partition coefficient (Wildman–Crippen LogP) is 1.79. The molecule has 0 saturated heterocycles. The Morgan fingerprint density at radius 1 is 1.41 bits per heavy atom. The molecule has 0 aliphatic carbocycles. The molecule has 0 radical (unpaired) electrons. The smallest absolute Gasteiger partial charge is 0.330 e. The van der Waals surface area contributed by atoms with E-state index in [2.05, 4.69) is 4.74 Å². The van der Waals surface area contributed by atoms with E-state index in [9.17, 15) is 14.9 Å². The Kier molecular flexibility index (Phi) is 4.21. The predicted molar refractivity (Wildman–Crippen MR) is 60.7 cm³/mol. The van der Waals surface area contributed by atoms with Crippen LogP contribution in [0.1, 0.15) is 5.56 Å². The Hall–Kier alpha value is -2.37. The largest absolute Gasteiger partial charge is 0.496 e. The fourth-order valence-electron chi connectivity index (χ4n) is 1.26. The van der Waals surface area contributed by atoms with E-state index in [0.29, 0.717) is 5.75 Å². The highest BCUT2D eigenvalue weighted by atomic mass is 16.6. The summed E-state index contributed by atoms with van der Waals surface area (Å²) in [5, 5.41) is 10.8. The summed E-state index contributed by atoms with van der Waals surface area (Å²) >= 11 is 0. The quantitative estimate of drug-likeness (QED) is 0.345. The molecule has 0 aromatic heterocycles. The average Bonchev–Trinajstić information content (AvgIpc) is 2.35. The number of nitro groups is 1. The van der Waals surface area contributed by atoms with Gasteiger partial charge in [-0.2, -0.15) is 0 Å². The van der Waals surface area contributed by atoms with Crippen molar-refractivity contribution in [3.63, 3.8) is 0 Å². The van der Waals surface area contributed by atoms with Crippen LogP contribution in [0.5, 0.6) is 5.75 Å². The fourth-order valence-corrected chi connectivity index (χ4v) is 1.26. The number of nitrogens with zero attached hydrogens (tertiary/aromatic N) is 1. The summed E-state index contributed by atoms with van der Waals surface area (Å²) in [6.07, 6.45) is 2.40. The molecule has 17 heavy (non-hydrogen) atoms. The minimum absolute atomic E-state index is 0.135. The molecule has 0 N–H and O–H groups in total. The summed E-state index contributed by atoms with van der Waals surface area (Å²) in [7, 11) is 2.62. The van der Waals surface area contributed by atoms with Gasteiger partial charge in [-0.1, -0.05) is 6.07 Å². The number of hydrogen-bond acceptors (Lipinski definition) is 5. The summed E-state index contributed by atoms with van der Waals surface area (Å²) in [6, 6.07) is 4.41. The standard InChI is InChI=1S/C11H11NO5/c1-16-10-5-3-4-9(12(14)15)8(10)6-7-11(13)17-2/h3-7H,1-2H3. The zero-order valence-electron chi connectivity index (χ0n) is 9.38. The molecule has 1 aromatic rings. The summed E-state index contributed by atoms with van der Waals surface area (Å²) < 4.78 is 9.40. The molecule has 90 valence electrons. The molecule has 0 saturated carbocycles. The van der Waals surface area contributed by atoms with Crippen LogP contribution in [0.3, 0.4) is 0 Å². The van der Waals surface area contributed by atoms with Crippen molar-refractivity contribution in [1.82, 2.24) is 0 Å². The second-order valence-corrected chi connectivity index (χ2v) is 3.01. The van der Waals surface area contributed by atoms with Crippen LogP contribution >= 0.6 is 0 Å². The minimum Gasteiger partial charge on any atom is -0.496 e. The van der Waals surface area contributed by atoms with Gasteiger partial charge in [-0.05, 0) is 12.1 Å². The van der Waals surface area contributed by atoms with Gasteiger partial charge in [0.2, 0.25) is 0 Å². The highest BCUT2D eigenvalue weighted by Gasteiger charge is 2.15. The number of ether oxygens (including phenoxy) is 2. The molecule has 6 heteroatoms. The van der Waals surface area contributed by atoms with E-state index < -0.39 is 10.9 Å². The fraction of sp³-hybridized carbons (Fsp3) is 0.182. The van der Waals surface area contributed by atoms with Gasteiger partial charge in [-0.15, -0.1) is 0 Å². The normalized spacial score (nSPS) is 10.2. The van der Waals surface area contributed by atoms with Crippen molar-refractivity contribution in [3.05, 3.63) is 40.0 Å². The summed E-state index contributed by atoms with van der Waals surface area (Å²) in [5.41, 5.74) is 0.0925. The average molecular weight is 237 g/mol. The van der Waals surface area contributed by atoms with Gasteiger partial charge in [0.25, 0.3) is 5.69 Å². The van der Waals surface area contributed by atoms with Crippen molar-refractivity contribution in [2.45, 2.75) is 0 Å². The number of methoxy groups -OCH3 is 2. The van der Waals surface area contributed by atoms with E-state index in [4.69, 9.17) is 4.74 Å². The molecule has 6 nitrogen and oxygen atoms in total. The second kappa shape index (κ2) is 5.64. The first-order chi connectivity index (χ1) is 8.10. The number of hydrogen-bond donors (Lipinski definition) is 0. The van der Waals surface area contributed by atoms with Crippen LogP contribution in [0.25, 0.3) is 6.08 Å². The number of rotatable bonds is 4. The molecular weight excluding hydrogens is 226 g/mol. The zero-order chi connectivity index (χ0) is 12.8. The van der Waals surface area contributed by atoms with Gasteiger partial charge in [0.1, 0.15) is 5.75 Å². The van der Waals surface area contributed by atoms with Crippen molar-refractivity contribution >= 4 is 17.7 Å².